The van der Waals surface area contributed by atoms with Gasteiger partial charge in [0, 0.05) is 120 Å². The van der Waals surface area contributed by atoms with Crippen LogP contribution in [0.3, 0.4) is 0 Å². The Morgan fingerprint density at radius 1 is 0.317 bits per heavy atom. The van der Waals surface area contributed by atoms with Gasteiger partial charge in [-0.1, -0.05) is 203 Å². The maximum absolute atomic E-state index is 14.0. The molecule has 4 heterocycles. The van der Waals surface area contributed by atoms with E-state index in [-0.39, 0.29) is 82.9 Å². The molecule has 12 amide bonds. The fraction of sp³-hybridized carbons (Fsp3) is 0.175. The topological polar surface area (TPSA) is 456 Å². The highest BCUT2D eigenvalue weighted by Gasteiger charge is 2.36. The van der Waals surface area contributed by atoms with Crippen molar-refractivity contribution in [1.82, 2.24) is 40.2 Å². The Kier molecular flexibility index (Phi) is 35.0. The Labute approximate surface area is 842 Å². The molecule has 0 saturated carbocycles. The standard InChI is InChI=1S/C25H25N3O6S.C24H21Br2N3O6S.C24H21Cl2N3O6S.C24H22FN3O6S/c1-28(20-12-13-22-23(15-20)34-17-33-22)24(29)21(14-18-8-4-2-5-9-18)26-25(30)27-35(31,32)16-19-10-6-3-7-11-19;1-29(17-8-10-20-21(13-17)35-14-34-20)23(30)19(11-15-5-3-2-4-6-15)27-24(31)28-36(32,33)22-12-16(25)7-9-18(22)26;1-29(18-7-8-21-22(13-18)35-14-34-21)23(30)20(9-15-5-3-2-4-6-15)27-24(31)28-36(32,33)19-11-16(25)10-17(26)12-19;1-28(17-11-12-20-21(14-17)34-15-33-20)23(29)19(13-16-7-3-2-4-8-16)26-24(30)27-35(31,32)22-10-6-5-9-18(22)25/h2-13,15,21H,14,16-17H2,1H3,(H2,26,27,30);2-10,12-13,19H,11,14H2,1H3,(H2,27,28,31);2-8,10-13,20H,9,14H2,1H3,(H2,27,28,31);2-12,14,19H,13,15H2,1H3,(H2,26,27,30)/t21-;19-;20-;19-/m0000/s1. The zero-order valence-electron chi connectivity index (χ0n) is 75.4. The number of likely N-dealkylation sites (N-methyl/N-ethyl adjacent to an activating group) is 4. The van der Waals surface area contributed by atoms with Gasteiger partial charge in [0.05, 0.1) is 10.6 Å². The first-order valence-corrected chi connectivity index (χ1v) is 51.1. The molecule has 4 aliphatic rings. The second-order valence-electron chi connectivity index (χ2n) is 31.4. The Morgan fingerprint density at radius 2 is 0.592 bits per heavy atom. The number of fused-ring (bicyclic) bond motifs is 4. The van der Waals surface area contributed by atoms with Crippen molar-refractivity contribution in [3.05, 3.63) is 338 Å². The molecule has 740 valence electrons. The number of amides is 12. The van der Waals surface area contributed by atoms with E-state index in [0.717, 1.165) is 46.5 Å². The summed E-state index contributed by atoms with van der Waals surface area (Å²) in [6.45, 7) is 0.357. The lowest BCUT2D eigenvalue weighted by atomic mass is 10.0. The molecule has 12 aromatic carbocycles. The summed E-state index contributed by atoms with van der Waals surface area (Å²) in [7, 11) is -10.8. The first-order chi connectivity index (χ1) is 67.8. The number of nitrogens with one attached hydrogen (secondary N) is 8. The van der Waals surface area contributed by atoms with Crippen molar-refractivity contribution in [3.63, 3.8) is 0 Å². The van der Waals surface area contributed by atoms with E-state index in [1.807, 2.05) is 80.9 Å². The summed E-state index contributed by atoms with van der Waals surface area (Å²) < 4.78 is 166. The van der Waals surface area contributed by atoms with Gasteiger partial charge in [-0.3, -0.25) is 19.2 Å². The molecule has 0 radical (unpaired) electrons. The van der Waals surface area contributed by atoms with E-state index >= 15 is 0 Å². The molecule has 0 aliphatic carbocycles. The average molecular weight is 2180 g/mol. The summed E-state index contributed by atoms with van der Waals surface area (Å²) in [5, 5.41) is 10.1. The largest absolute Gasteiger partial charge is 0.454 e. The molecule has 16 rings (SSSR count). The maximum Gasteiger partial charge on any atom is 0.329 e. The predicted molar refractivity (Wildman–Crippen MR) is 532 cm³/mol. The lowest BCUT2D eigenvalue weighted by Gasteiger charge is -2.25. The number of hydrogen-bond acceptors (Lipinski definition) is 24. The molecular formula is C97H89Br2Cl2FN12O24S4. The second kappa shape index (κ2) is 47.5. The van der Waals surface area contributed by atoms with Crippen molar-refractivity contribution in [2.24, 2.45) is 0 Å². The first kappa shape index (κ1) is 105. The highest BCUT2D eigenvalue weighted by Crippen LogP contribution is 2.40. The number of benzene rings is 12. The Balaban J connectivity index is 0.000000159. The van der Waals surface area contributed by atoms with Gasteiger partial charge in [-0.25, -0.2) is 76.1 Å². The maximum atomic E-state index is 14.0. The predicted octanol–water partition coefficient (Wildman–Crippen LogP) is 13.8. The van der Waals surface area contributed by atoms with Crippen molar-refractivity contribution in [1.29, 1.82) is 0 Å². The molecule has 0 spiro atoms. The van der Waals surface area contributed by atoms with Crippen LogP contribution in [0.1, 0.15) is 27.8 Å². The molecule has 0 unspecified atom stereocenters. The summed E-state index contributed by atoms with van der Waals surface area (Å²) in [5.74, 6) is 1.01. The summed E-state index contributed by atoms with van der Waals surface area (Å²) in [4.78, 5) is 109. The van der Waals surface area contributed by atoms with Gasteiger partial charge in [0.2, 0.25) is 60.8 Å². The lowest BCUT2D eigenvalue weighted by Crippen LogP contribution is -2.52. The molecule has 8 N–H and O–H groups in total. The van der Waals surface area contributed by atoms with Gasteiger partial charge < -0.3 is 78.8 Å². The zero-order valence-corrected chi connectivity index (χ0v) is 83.4. The van der Waals surface area contributed by atoms with Crippen LogP contribution in [0.5, 0.6) is 46.0 Å². The van der Waals surface area contributed by atoms with Gasteiger partial charge in [0.15, 0.2) is 46.0 Å². The normalized spacial score (nSPS) is 13.1. The number of sulfonamides is 4. The van der Waals surface area contributed by atoms with Crippen LogP contribution in [0.4, 0.5) is 46.3 Å². The third-order valence-corrected chi connectivity index (χ3v) is 28.6. The van der Waals surface area contributed by atoms with E-state index in [0.29, 0.717) is 78.8 Å². The van der Waals surface area contributed by atoms with Crippen LogP contribution in [-0.2, 0) is 90.7 Å². The molecule has 4 atom stereocenters. The number of urea groups is 4. The molecule has 12 aromatic rings. The third kappa shape index (κ3) is 28.6. The summed E-state index contributed by atoms with van der Waals surface area (Å²) in [6, 6.07) is 69.0. The number of carbonyl (C=O) groups excluding carboxylic acids is 8. The number of halogens is 5. The third-order valence-electron chi connectivity index (χ3n) is 21.4. The Bertz CT molecular complexity index is 7130. The number of carbonyl (C=O) groups is 8. The van der Waals surface area contributed by atoms with Gasteiger partial charge in [-0.05, 0) is 141 Å². The van der Waals surface area contributed by atoms with E-state index in [1.165, 1.54) is 50.9 Å². The highest BCUT2D eigenvalue weighted by molar-refractivity contribution is 9.11. The van der Waals surface area contributed by atoms with Crippen molar-refractivity contribution < 1.29 is 114 Å². The van der Waals surface area contributed by atoms with Crippen LogP contribution in [0, 0.1) is 5.82 Å². The molecule has 142 heavy (non-hydrogen) atoms. The quantitative estimate of drug-likeness (QED) is 0.0216. The SMILES string of the molecule is CN(C(=O)[C@H](Cc1ccccc1)NC(=O)NS(=O)(=O)Cc1ccccc1)c1ccc2c(c1)OCO2.CN(C(=O)[C@H](Cc1ccccc1)NC(=O)NS(=O)(=O)c1cc(Br)ccc1Br)c1ccc2c(c1)OCO2.CN(C(=O)[C@H](Cc1ccccc1)NC(=O)NS(=O)(=O)c1cc(Cl)cc(Cl)c1)c1ccc2c(c1)OCO2.CN(C(=O)[C@H](Cc1ccccc1)NC(=O)NS(=O)(=O)c1ccccc1F)c1ccc2c(c1)OCO2. The molecule has 0 saturated heterocycles. The van der Waals surface area contributed by atoms with Crippen molar-refractivity contribution >= 4 is 166 Å². The van der Waals surface area contributed by atoms with Crippen LogP contribution in [0.15, 0.2) is 309 Å². The monoisotopic (exact) mass is 2180 g/mol. The second-order valence-corrected chi connectivity index (χ2v) is 40.7. The van der Waals surface area contributed by atoms with E-state index in [1.54, 1.807) is 196 Å². The average Bonchev–Trinajstić information content (AvgIpc) is 1.70. The van der Waals surface area contributed by atoms with E-state index in [4.69, 9.17) is 61.1 Å². The van der Waals surface area contributed by atoms with Crippen molar-refractivity contribution in [2.75, 3.05) is 75.0 Å². The van der Waals surface area contributed by atoms with E-state index in [9.17, 15) is 76.4 Å². The van der Waals surface area contributed by atoms with Crippen LogP contribution >= 0.6 is 55.1 Å². The zero-order chi connectivity index (χ0) is 102. The minimum atomic E-state index is -4.51. The Hall–Kier alpha value is -14.7. The number of ether oxygens (including phenoxy) is 8. The van der Waals surface area contributed by atoms with E-state index in [2.05, 4.69) is 53.1 Å². The van der Waals surface area contributed by atoms with Crippen LogP contribution in [0.25, 0.3) is 0 Å². The summed E-state index contributed by atoms with van der Waals surface area (Å²) in [5.41, 5.74) is 5.68. The molecule has 36 nitrogen and oxygen atoms in total. The molecule has 4 aliphatic heterocycles. The van der Waals surface area contributed by atoms with Gasteiger partial charge in [0.1, 0.15) is 39.8 Å². The van der Waals surface area contributed by atoms with Crippen LogP contribution in [-0.4, -0.2) is 161 Å². The van der Waals surface area contributed by atoms with Crippen LogP contribution in [0.2, 0.25) is 10.0 Å². The first-order valence-electron chi connectivity index (χ1n) is 42.7. The van der Waals surface area contributed by atoms with Crippen molar-refractivity contribution in [3.8, 4) is 46.0 Å². The van der Waals surface area contributed by atoms with Gasteiger partial charge in [0.25, 0.3) is 30.1 Å². The minimum Gasteiger partial charge on any atom is -0.454 e. The smallest absolute Gasteiger partial charge is 0.329 e. The number of hydrogen-bond donors (Lipinski definition) is 8. The molecule has 0 bridgehead atoms. The summed E-state index contributed by atoms with van der Waals surface area (Å²) in [6.07, 6.45) is 0.510. The van der Waals surface area contributed by atoms with Gasteiger partial charge in [-0.2, -0.15) is 0 Å². The van der Waals surface area contributed by atoms with Crippen molar-refractivity contribution in [2.45, 2.75) is 70.3 Å². The number of nitrogens with zero attached hydrogens (tertiary/aromatic N) is 4. The van der Waals surface area contributed by atoms with E-state index < -0.39 is 123 Å². The molecule has 0 aromatic heterocycles. The molecule has 45 heteroatoms. The fourth-order valence-corrected chi connectivity index (χ4v) is 20.4. The van der Waals surface area contributed by atoms with Gasteiger partial charge >= 0.3 is 24.1 Å². The van der Waals surface area contributed by atoms with Crippen LogP contribution < -0.4 is 97.7 Å². The number of rotatable bonds is 29. The Morgan fingerprint density at radius 3 is 0.908 bits per heavy atom. The highest BCUT2D eigenvalue weighted by atomic mass is 79.9. The summed E-state index contributed by atoms with van der Waals surface area (Å²) >= 11 is 18.2. The molecule has 0 fully saturated rings. The minimum absolute atomic E-state index is 0.0747. The fourth-order valence-electron chi connectivity index (χ4n) is 14.3. The number of anilines is 4. The molecular weight excluding hydrogens is 2100 g/mol. The lowest BCUT2D eigenvalue weighted by molar-refractivity contribution is -0.120. The van der Waals surface area contributed by atoms with Gasteiger partial charge in [-0.15, -0.1) is 0 Å².